The molecule has 1 aromatic rings. The quantitative estimate of drug-likeness (QED) is 0.328. The average molecular weight is 280 g/mol. The van der Waals surface area contributed by atoms with Gasteiger partial charge in [-0.25, -0.2) is 0 Å². The summed E-state index contributed by atoms with van der Waals surface area (Å²) in [5.74, 6) is 0.952. The predicted molar refractivity (Wildman–Crippen MR) is 74.6 cm³/mol. The van der Waals surface area contributed by atoms with Gasteiger partial charge >= 0.3 is 0 Å². The van der Waals surface area contributed by atoms with E-state index in [2.05, 4.69) is 15.5 Å². The van der Waals surface area contributed by atoms with E-state index in [4.69, 9.17) is 10.9 Å². The van der Waals surface area contributed by atoms with Gasteiger partial charge in [0.1, 0.15) is 5.69 Å². The van der Waals surface area contributed by atoms with Gasteiger partial charge in [-0.2, -0.15) is 11.8 Å². The van der Waals surface area contributed by atoms with Crippen molar-refractivity contribution in [2.24, 2.45) is 10.9 Å². The van der Waals surface area contributed by atoms with Gasteiger partial charge in [0.25, 0.3) is 5.91 Å². The fourth-order valence-corrected chi connectivity index (χ4v) is 3.04. The Kier molecular flexibility index (Phi) is 4.62. The number of thioether (sulfide) groups is 1. The lowest BCUT2D eigenvalue weighted by Gasteiger charge is -2.09. The minimum atomic E-state index is -0.196. The third-order valence-corrected chi connectivity index (χ3v) is 4.31. The Bertz CT molecular complexity index is 469. The molecule has 1 aliphatic heterocycles. The number of carbonyl (C=O) groups is 1. The smallest absolute Gasteiger partial charge is 0.269 e. The van der Waals surface area contributed by atoms with Gasteiger partial charge in [-0.3, -0.25) is 9.78 Å². The molecule has 1 amide bonds. The van der Waals surface area contributed by atoms with Crippen LogP contribution in [0, 0.1) is 0 Å². The van der Waals surface area contributed by atoms with Crippen molar-refractivity contribution in [1.82, 2.24) is 10.3 Å². The van der Waals surface area contributed by atoms with Crippen molar-refractivity contribution < 1.29 is 10.0 Å². The molecule has 0 bridgehead atoms. The number of amidine groups is 1. The first-order valence-electron chi connectivity index (χ1n) is 6.04. The molecule has 4 N–H and O–H groups in total. The van der Waals surface area contributed by atoms with Crippen molar-refractivity contribution in [2.45, 2.75) is 18.1 Å². The summed E-state index contributed by atoms with van der Waals surface area (Å²) in [7, 11) is 0. The van der Waals surface area contributed by atoms with E-state index in [1.165, 1.54) is 18.4 Å². The number of hydrogen-bond acceptors (Lipinski definition) is 5. The molecule has 0 radical (unpaired) electrons. The lowest BCUT2D eigenvalue weighted by Crippen LogP contribution is -2.30. The lowest BCUT2D eigenvalue weighted by atomic mass is 10.2. The summed E-state index contributed by atoms with van der Waals surface area (Å²) in [6.45, 7) is 0.674. The van der Waals surface area contributed by atoms with Crippen LogP contribution in [0.4, 0.5) is 0 Å². The van der Waals surface area contributed by atoms with Crippen molar-refractivity contribution in [1.29, 1.82) is 0 Å². The van der Waals surface area contributed by atoms with Gasteiger partial charge in [0.15, 0.2) is 5.84 Å². The van der Waals surface area contributed by atoms with E-state index in [-0.39, 0.29) is 11.7 Å². The SMILES string of the molecule is N/C(=N/O)c1ccc(C(=O)NCC2CCCS2)nc1. The van der Waals surface area contributed by atoms with Crippen LogP contribution in [0.25, 0.3) is 0 Å². The molecule has 6 nitrogen and oxygen atoms in total. The van der Waals surface area contributed by atoms with Crippen LogP contribution in [-0.2, 0) is 0 Å². The first-order valence-corrected chi connectivity index (χ1v) is 7.09. The summed E-state index contributed by atoms with van der Waals surface area (Å²) in [4.78, 5) is 15.9. The second kappa shape index (κ2) is 6.42. The second-order valence-electron chi connectivity index (χ2n) is 4.26. The van der Waals surface area contributed by atoms with Gasteiger partial charge in [0.05, 0.1) is 0 Å². The van der Waals surface area contributed by atoms with Crippen molar-refractivity contribution in [3.63, 3.8) is 0 Å². The lowest BCUT2D eigenvalue weighted by molar-refractivity contribution is 0.0948. The number of rotatable bonds is 4. The number of aromatic nitrogens is 1. The molecule has 19 heavy (non-hydrogen) atoms. The Balaban J connectivity index is 1.91. The van der Waals surface area contributed by atoms with Gasteiger partial charge in [-0.1, -0.05) is 5.16 Å². The van der Waals surface area contributed by atoms with Crippen LogP contribution in [0.1, 0.15) is 28.9 Å². The average Bonchev–Trinajstić information content (AvgIpc) is 2.97. The largest absolute Gasteiger partial charge is 0.409 e. The highest BCUT2D eigenvalue weighted by molar-refractivity contribution is 8.00. The molecule has 1 aromatic heterocycles. The Hall–Kier alpha value is -1.76. The summed E-state index contributed by atoms with van der Waals surface area (Å²) in [5.41, 5.74) is 6.23. The number of carbonyl (C=O) groups excluding carboxylic acids is 1. The van der Waals surface area contributed by atoms with E-state index >= 15 is 0 Å². The van der Waals surface area contributed by atoms with Crippen LogP contribution >= 0.6 is 11.8 Å². The van der Waals surface area contributed by atoms with Gasteiger partial charge < -0.3 is 16.3 Å². The maximum absolute atomic E-state index is 11.9. The highest BCUT2D eigenvalue weighted by Crippen LogP contribution is 2.25. The van der Waals surface area contributed by atoms with Crippen molar-refractivity contribution in [3.05, 3.63) is 29.6 Å². The van der Waals surface area contributed by atoms with Crippen LogP contribution in [0.2, 0.25) is 0 Å². The van der Waals surface area contributed by atoms with E-state index < -0.39 is 0 Å². The maximum atomic E-state index is 11.9. The van der Waals surface area contributed by atoms with Gasteiger partial charge in [-0.15, -0.1) is 0 Å². The summed E-state index contributed by atoms with van der Waals surface area (Å²) in [6.07, 6.45) is 3.78. The zero-order valence-electron chi connectivity index (χ0n) is 10.4. The zero-order chi connectivity index (χ0) is 13.7. The number of nitrogens with zero attached hydrogens (tertiary/aromatic N) is 2. The fraction of sp³-hybridized carbons (Fsp3) is 0.417. The van der Waals surface area contributed by atoms with Crippen LogP contribution in [0.5, 0.6) is 0 Å². The van der Waals surface area contributed by atoms with E-state index in [1.807, 2.05) is 11.8 Å². The van der Waals surface area contributed by atoms with Crippen LogP contribution in [0.3, 0.4) is 0 Å². The Morgan fingerprint density at radius 1 is 1.63 bits per heavy atom. The molecule has 2 heterocycles. The minimum Gasteiger partial charge on any atom is -0.409 e. The molecule has 1 fully saturated rings. The van der Waals surface area contributed by atoms with E-state index in [0.29, 0.717) is 23.1 Å². The molecule has 0 aromatic carbocycles. The third-order valence-electron chi connectivity index (χ3n) is 2.91. The van der Waals surface area contributed by atoms with Gasteiger partial charge in [0, 0.05) is 23.6 Å². The molecular formula is C12H16N4O2S. The monoisotopic (exact) mass is 280 g/mol. The Morgan fingerprint density at radius 3 is 3.05 bits per heavy atom. The number of nitrogens with one attached hydrogen (secondary N) is 1. The standard InChI is InChI=1S/C12H16N4O2S/c13-11(16-18)8-3-4-10(14-6-8)12(17)15-7-9-2-1-5-19-9/h3-4,6,9,18H,1-2,5,7H2,(H2,13,16)(H,15,17). The van der Waals surface area contributed by atoms with E-state index in [9.17, 15) is 4.79 Å². The van der Waals surface area contributed by atoms with Crippen LogP contribution < -0.4 is 11.1 Å². The normalized spacial score (nSPS) is 19.4. The summed E-state index contributed by atoms with van der Waals surface area (Å²) in [5, 5.41) is 14.8. The van der Waals surface area contributed by atoms with E-state index in [1.54, 1.807) is 12.1 Å². The highest BCUT2D eigenvalue weighted by atomic mass is 32.2. The molecule has 1 aliphatic rings. The molecule has 7 heteroatoms. The van der Waals surface area contributed by atoms with Crippen LogP contribution in [0.15, 0.2) is 23.5 Å². The first-order chi connectivity index (χ1) is 9.20. The topological polar surface area (TPSA) is 101 Å². The molecule has 1 atom stereocenters. The number of pyridine rings is 1. The maximum Gasteiger partial charge on any atom is 0.269 e. The first kappa shape index (κ1) is 13.7. The number of oxime groups is 1. The Morgan fingerprint density at radius 2 is 2.47 bits per heavy atom. The molecule has 0 saturated carbocycles. The predicted octanol–water partition coefficient (Wildman–Crippen LogP) is 0.801. The second-order valence-corrected chi connectivity index (χ2v) is 5.67. The molecule has 0 aliphatic carbocycles. The molecular weight excluding hydrogens is 264 g/mol. The molecule has 1 saturated heterocycles. The number of nitrogens with two attached hydrogens (primary N) is 1. The van der Waals surface area contributed by atoms with Crippen molar-refractivity contribution >= 4 is 23.5 Å². The summed E-state index contributed by atoms with van der Waals surface area (Å²) >= 11 is 1.89. The highest BCUT2D eigenvalue weighted by Gasteiger charge is 2.17. The van der Waals surface area contributed by atoms with Crippen molar-refractivity contribution in [3.8, 4) is 0 Å². The molecule has 0 spiro atoms. The van der Waals surface area contributed by atoms with Crippen molar-refractivity contribution in [2.75, 3.05) is 12.3 Å². The number of amides is 1. The molecule has 102 valence electrons. The van der Waals surface area contributed by atoms with Gasteiger partial charge in [0.2, 0.25) is 0 Å². The molecule has 1 unspecified atom stereocenters. The zero-order valence-corrected chi connectivity index (χ0v) is 11.2. The van der Waals surface area contributed by atoms with E-state index in [0.717, 1.165) is 6.42 Å². The summed E-state index contributed by atoms with van der Waals surface area (Å²) < 4.78 is 0. The summed E-state index contributed by atoms with van der Waals surface area (Å²) in [6, 6.07) is 3.16. The number of hydrogen-bond donors (Lipinski definition) is 3. The minimum absolute atomic E-state index is 0.0261. The Labute approximate surface area is 115 Å². The molecule has 2 rings (SSSR count). The van der Waals surface area contributed by atoms with Gasteiger partial charge in [-0.05, 0) is 30.7 Å². The van der Waals surface area contributed by atoms with Crippen LogP contribution in [-0.4, -0.2) is 39.5 Å². The third kappa shape index (κ3) is 3.60. The fourth-order valence-electron chi connectivity index (χ4n) is 1.84.